The Hall–Kier alpha value is -3.71. The highest BCUT2D eigenvalue weighted by Gasteiger charge is 2.36. The number of carbonyl (C=O) groups is 1. The van der Waals surface area contributed by atoms with Crippen LogP contribution in [0.25, 0.3) is 11.3 Å². The highest BCUT2D eigenvalue weighted by Crippen LogP contribution is 2.41. The van der Waals surface area contributed by atoms with Crippen molar-refractivity contribution in [3.05, 3.63) is 64.3 Å². The van der Waals surface area contributed by atoms with Crippen LogP contribution in [0, 0.1) is 11.3 Å². The molecule has 0 bridgehead atoms. The molecule has 3 heterocycles. The number of benzene rings is 2. The second-order valence-corrected chi connectivity index (χ2v) is 11.4. The van der Waals surface area contributed by atoms with Crippen LogP contribution in [-0.2, 0) is 16.6 Å². The molecule has 1 saturated heterocycles. The lowest BCUT2D eigenvalue weighted by molar-refractivity contribution is -0.132. The van der Waals surface area contributed by atoms with E-state index in [2.05, 4.69) is 40.4 Å². The summed E-state index contributed by atoms with van der Waals surface area (Å²) in [5.74, 6) is 0.423. The number of nitrogens with one attached hydrogen (secondary N) is 2. The van der Waals surface area contributed by atoms with Crippen molar-refractivity contribution in [3.63, 3.8) is 0 Å². The third kappa shape index (κ3) is 5.61. The van der Waals surface area contributed by atoms with Crippen molar-refractivity contribution in [1.29, 1.82) is 5.26 Å². The Morgan fingerprint density at radius 1 is 1.23 bits per heavy atom. The first-order valence-corrected chi connectivity index (χ1v) is 13.9. The standard InChI is InChI=1S/C30H34ClN7O2/c1-19(2)37-8-10-38(11-9-37)27(40)14-20-4-5-23(31)15-26(20)36-29-33-7-6-25(35-29)21-12-22(16-32)28-24(13-21)30(3,18-39)17-34-28/h4-7,12-13,15,19,34,39H,8-11,14,17-18H2,1-3H3,(H,33,35,36). The Balaban J connectivity index is 1.38. The van der Waals surface area contributed by atoms with Crippen molar-refractivity contribution in [3.8, 4) is 17.3 Å². The van der Waals surface area contributed by atoms with Crippen molar-refractivity contribution in [2.45, 2.75) is 38.6 Å². The number of hydrogen-bond acceptors (Lipinski definition) is 8. The van der Waals surface area contributed by atoms with Gasteiger partial charge in [-0.1, -0.05) is 24.6 Å². The van der Waals surface area contributed by atoms with Crippen LogP contribution >= 0.6 is 11.6 Å². The maximum atomic E-state index is 13.2. The first-order chi connectivity index (χ1) is 19.2. The molecule has 0 aliphatic carbocycles. The van der Waals surface area contributed by atoms with E-state index in [1.807, 2.05) is 24.0 Å². The van der Waals surface area contributed by atoms with Crippen LogP contribution in [-0.4, -0.2) is 76.2 Å². The lowest BCUT2D eigenvalue weighted by Gasteiger charge is -2.37. The second kappa shape index (κ2) is 11.4. The number of hydrogen-bond donors (Lipinski definition) is 3. The van der Waals surface area contributed by atoms with E-state index in [9.17, 15) is 15.2 Å². The number of anilines is 3. The van der Waals surface area contributed by atoms with Gasteiger partial charge in [0.05, 0.1) is 30.0 Å². The molecule has 3 aromatic rings. The zero-order valence-corrected chi connectivity index (χ0v) is 23.8. The number of nitrogens with zero attached hydrogens (tertiary/aromatic N) is 5. The summed E-state index contributed by atoms with van der Waals surface area (Å²) in [6, 6.07) is 13.7. The minimum atomic E-state index is -0.491. The predicted octanol–water partition coefficient (Wildman–Crippen LogP) is 4.18. The molecule has 1 aromatic heterocycles. The summed E-state index contributed by atoms with van der Waals surface area (Å²) in [4.78, 5) is 26.6. The molecule has 2 aliphatic heterocycles. The maximum absolute atomic E-state index is 13.2. The Morgan fingerprint density at radius 2 is 2.00 bits per heavy atom. The maximum Gasteiger partial charge on any atom is 0.227 e. The van der Waals surface area contributed by atoms with Crippen LogP contribution in [0.5, 0.6) is 0 Å². The minimum Gasteiger partial charge on any atom is -0.395 e. The fourth-order valence-electron chi connectivity index (χ4n) is 5.35. The van der Waals surface area contributed by atoms with Gasteiger partial charge in [-0.25, -0.2) is 9.97 Å². The summed E-state index contributed by atoms with van der Waals surface area (Å²) in [5.41, 5.74) is 4.53. The molecular formula is C30H34ClN7O2. The number of halogens is 1. The third-order valence-electron chi connectivity index (χ3n) is 7.92. The Labute approximate surface area is 239 Å². The number of rotatable bonds is 7. The smallest absolute Gasteiger partial charge is 0.227 e. The Morgan fingerprint density at radius 3 is 2.70 bits per heavy atom. The van der Waals surface area contributed by atoms with Gasteiger partial charge in [0.15, 0.2) is 0 Å². The van der Waals surface area contributed by atoms with Gasteiger partial charge in [0.2, 0.25) is 11.9 Å². The van der Waals surface area contributed by atoms with E-state index in [1.54, 1.807) is 30.5 Å². The first kappa shape index (κ1) is 27.8. The number of aromatic nitrogens is 2. The molecule has 1 unspecified atom stereocenters. The molecule has 208 valence electrons. The van der Waals surface area contributed by atoms with E-state index in [1.165, 1.54) is 0 Å². The number of fused-ring (bicyclic) bond motifs is 1. The predicted molar refractivity (Wildman–Crippen MR) is 157 cm³/mol. The van der Waals surface area contributed by atoms with Crippen LogP contribution in [0.3, 0.4) is 0 Å². The summed E-state index contributed by atoms with van der Waals surface area (Å²) in [7, 11) is 0. The molecule has 40 heavy (non-hydrogen) atoms. The number of carbonyl (C=O) groups excluding carboxylic acids is 1. The van der Waals surface area contributed by atoms with E-state index in [0.29, 0.717) is 40.5 Å². The number of aliphatic hydroxyl groups is 1. The average molecular weight is 560 g/mol. The number of piperazine rings is 1. The molecule has 10 heteroatoms. The van der Waals surface area contributed by atoms with Gasteiger partial charge in [0, 0.05) is 66.7 Å². The van der Waals surface area contributed by atoms with Gasteiger partial charge in [-0.3, -0.25) is 9.69 Å². The van der Waals surface area contributed by atoms with Crippen molar-refractivity contribution in [2.24, 2.45) is 0 Å². The second-order valence-electron chi connectivity index (χ2n) is 11.0. The molecular weight excluding hydrogens is 526 g/mol. The fourth-order valence-corrected chi connectivity index (χ4v) is 5.52. The van der Waals surface area contributed by atoms with Gasteiger partial charge < -0.3 is 20.6 Å². The third-order valence-corrected chi connectivity index (χ3v) is 8.16. The first-order valence-electron chi connectivity index (χ1n) is 13.5. The zero-order chi connectivity index (χ0) is 28.4. The highest BCUT2D eigenvalue weighted by molar-refractivity contribution is 6.30. The van der Waals surface area contributed by atoms with Crippen molar-refractivity contribution in [2.75, 3.05) is 50.0 Å². The van der Waals surface area contributed by atoms with Crippen LogP contribution in [0.15, 0.2) is 42.6 Å². The average Bonchev–Trinajstić information content (AvgIpc) is 3.31. The lowest BCUT2D eigenvalue weighted by atomic mass is 9.83. The number of amides is 1. The van der Waals surface area contributed by atoms with E-state index < -0.39 is 5.41 Å². The van der Waals surface area contributed by atoms with Crippen LogP contribution in [0.4, 0.5) is 17.3 Å². The normalized spacial score (nSPS) is 18.8. The zero-order valence-electron chi connectivity index (χ0n) is 23.0. The van der Waals surface area contributed by atoms with Crippen molar-refractivity contribution >= 4 is 34.8 Å². The SMILES string of the molecule is CC(C)N1CCN(C(=O)Cc2ccc(Cl)cc2Nc2nccc(-c3cc(C#N)c4c(c3)C(C)(CO)CN4)n2)CC1. The lowest BCUT2D eigenvalue weighted by Crippen LogP contribution is -2.51. The van der Waals surface area contributed by atoms with Crippen LogP contribution in [0.1, 0.15) is 37.5 Å². The van der Waals surface area contributed by atoms with E-state index in [4.69, 9.17) is 16.6 Å². The summed E-state index contributed by atoms with van der Waals surface area (Å²) in [6.07, 6.45) is 1.89. The Bertz CT molecular complexity index is 1460. The molecule has 1 fully saturated rings. The molecule has 0 saturated carbocycles. The van der Waals surface area contributed by atoms with E-state index in [0.717, 1.165) is 48.6 Å². The molecule has 0 spiro atoms. The summed E-state index contributed by atoms with van der Waals surface area (Å²) in [5, 5.41) is 26.9. The molecule has 1 amide bonds. The fraction of sp³-hybridized carbons (Fsp3) is 0.400. The molecule has 0 radical (unpaired) electrons. The van der Waals surface area contributed by atoms with E-state index >= 15 is 0 Å². The van der Waals surface area contributed by atoms with Crippen LogP contribution in [0.2, 0.25) is 5.02 Å². The number of nitriles is 1. The van der Waals surface area contributed by atoms with Gasteiger partial charge in [0.1, 0.15) is 6.07 Å². The quantitative estimate of drug-likeness (QED) is 0.394. The van der Waals surface area contributed by atoms with Gasteiger partial charge >= 0.3 is 0 Å². The van der Waals surface area contributed by atoms with Gasteiger partial charge in [-0.2, -0.15) is 5.26 Å². The molecule has 5 rings (SSSR count). The molecule has 1 atom stereocenters. The summed E-state index contributed by atoms with van der Waals surface area (Å²) >= 11 is 6.33. The van der Waals surface area contributed by atoms with E-state index in [-0.39, 0.29) is 18.9 Å². The molecule has 9 nitrogen and oxygen atoms in total. The largest absolute Gasteiger partial charge is 0.395 e. The summed E-state index contributed by atoms with van der Waals surface area (Å²) < 4.78 is 0. The Kier molecular flexibility index (Phi) is 7.95. The van der Waals surface area contributed by atoms with Gasteiger partial charge in [0.25, 0.3) is 0 Å². The topological polar surface area (TPSA) is 117 Å². The number of aliphatic hydroxyl groups excluding tert-OH is 1. The van der Waals surface area contributed by atoms with Gasteiger partial charge in [-0.15, -0.1) is 0 Å². The van der Waals surface area contributed by atoms with Crippen LogP contribution < -0.4 is 10.6 Å². The van der Waals surface area contributed by atoms with Crippen molar-refractivity contribution in [1.82, 2.24) is 19.8 Å². The monoisotopic (exact) mass is 559 g/mol. The summed E-state index contributed by atoms with van der Waals surface area (Å²) in [6.45, 7) is 10.0. The molecule has 2 aromatic carbocycles. The molecule has 3 N–H and O–H groups in total. The van der Waals surface area contributed by atoms with Crippen molar-refractivity contribution < 1.29 is 9.90 Å². The van der Waals surface area contributed by atoms with Gasteiger partial charge in [-0.05, 0) is 55.3 Å². The highest BCUT2D eigenvalue weighted by atomic mass is 35.5. The minimum absolute atomic E-state index is 0.0401. The molecule has 2 aliphatic rings.